The van der Waals surface area contributed by atoms with Crippen molar-refractivity contribution in [3.63, 3.8) is 0 Å². The second-order valence-corrected chi connectivity index (χ2v) is 26.4. The molecule has 1 amide bonds. The Balaban J connectivity index is 1.59. The number of aliphatic hydroxyl groups is 8. The van der Waals surface area contributed by atoms with Gasteiger partial charge in [0.25, 0.3) is 0 Å². The number of amides is 1. The largest absolute Gasteiger partial charge is 0.394 e. The van der Waals surface area contributed by atoms with Gasteiger partial charge in [-0.25, -0.2) is 0 Å². The molecule has 14 nitrogen and oxygen atoms in total. The Labute approximate surface area is 561 Å². The molecule has 534 valence electrons. The molecule has 14 heteroatoms. The summed E-state index contributed by atoms with van der Waals surface area (Å²) in [5, 5.41) is 87.7. The molecular formula is C78H139NO13. The third-order valence-corrected chi connectivity index (χ3v) is 18.1. The van der Waals surface area contributed by atoms with E-state index in [9.17, 15) is 45.6 Å². The SMILES string of the molecule is CC/C=C\C/C=C\C/C=C\C/C=C\C/C=C\C/C=C\C/C=C\CCCCCCCCCCCCCCCCCCCC(=O)NC(COC1OC(CO)C(OC2OC(CO)C(O)C(O)C2O)C(O)C1O)C(O)CCCCCCCCCCCCCCCCCCCCC. The first kappa shape index (κ1) is 85.3. The van der Waals surface area contributed by atoms with Crippen LogP contribution in [0.25, 0.3) is 0 Å². The summed E-state index contributed by atoms with van der Waals surface area (Å²) in [6, 6.07) is -0.832. The zero-order chi connectivity index (χ0) is 66.6. The molecule has 92 heavy (non-hydrogen) atoms. The van der Waals surface area contributed by atoms with Crippen LogP contribution >= 0.6 is 0 Å². The molecule has 0 aromatic carbocycles. The van der Waals surface area contributed by atoms with Gasteiger partial charge in [-0.1, -0.05) is 317 Å². The maximum absolute atomic E-state index is 13.4. The lowest BCUT2D eigenvalue weighted by atomic mass is 9.97. The van der Waals surface area contributed by atoms with E-state index in [-0.39, 0.29) is 12.5 Å². The number of carbonyl (C=O) groups is 1. The van der Waals surface area contributed by atoms with Crippen LogP contribution in [0.15, 0.2) is 85.1 Å². The van der Waals surface area contributed by atoms with Crippen molar-refractivity contribution in [2.24, 2.45) is 0 Å². The minimum atomic E-state index is -1.78. The van der Waals surface area contributed by atoms with Gasteiger partial charge in [-0.2, -0.15) is 0 Å². The van der Waals surface area contributed by atoms with Crippen LogP contribution in [0, 0.1) is 0 Å². The maximum Gasteiger partial charge on any atom is 0.220 e. The lowest BCUT2D eigenvalue weighted by Crippen LogP contribution is -2.65. The van der Waals surface area contributed by atoms with E-state index in [0.29, 0.717) is 12.8 Å². The Hall–Kier alpha value is -2.83. The molecule has 0 saturated carbocycles. The van der Waals surface area contributed by atoms with E-state index >= 15 is 0 Å². The number of unbranched alkanes of at least 4 members (excludes halogenated alkanes) is 35. The van der Waals surface area contributed by atoms with Gasteiger partial charge in [-0.3, -0.25) is 4.79 Å². The van der Waals surface area contributed by atoms with Crippen molar-refractivity contribution >= 4 is 5.91 Å². The molecule has 0 aromatic rings. The average Bonchev–Trinajstić information content (AvgIpc) is 1.05. The first-order chi connectivity index (χ1) is 45.1. The quantitative estimate of drug-likeness (QED) is 0.0204. The Morgan fingerprint density at radius 1 is 0.402 bits per heavy atom. The van der Waals surface area contributed by atoms with Gasteiger partial charge >= 0.3 is 0 Å². The Morgan fingerprint density at radius 2 is 0.750 bits per heavy atom. The minimum Gasteiger partial charge on any atom is -0.394 e. The van der Waals surface area contributed by atoms with Crippen LogP contribution in [-0.4, -0.2) is 140 Å². The Kier molecular flexibility index (Phi) is 57.2. The van der Waals surface area contributed by atoms with Gasteiger partial charge in [0.15, 0.2) is 12.6 Å². The molecule has 12 unspecified atom stereocenters. The van der Waals surface area contributed by atoms with Gasteiger partial charge in [0.1, 0.15) is 48.8 Å². The third-order valence-electron chi connectivity index (χ3n) is 18.1. The molecule has 0 aliphatic carbocycles. The average molecular weight is 1300 g/mol. The first-order valence-electron chi connectivity index (χ1n) is 37.8. The van der Waals surface area contributed by atoms with Gasteiger partial charge < -0.3 is 65.1 Å². The summed E-state index contributed by atoms with van der Waals surface area (Å²) in [7, 11) is 0. The van der Waals surface area contributed by atoms with E-state index in [1.807, 2.05) is 0 Å². The molecule has 2 heterocycles. The second-order valence-electron chi connectivity index (χ2n) is 26.4. The molecule has 0 radical (unpaired) electrons. The van der Waals surface area contributed by atoms with Crippen molar-refractivity contribution in [1.82, 2.24) is 5.32 Å². The van der Waals surface area contributed by atoms with E-state index in [2.05, 4.69) is 104 Å². The first-order valence-corrected chi connectivity index (χ1v) is 37.8. The monoisotopic (exact) mass is 1300 g/mol. The van der Waals surface area contributed by atoms with E-state index < -0.39 is 86.8 Å². The minimum absolute atomic E-state index is 0.204. The lowest BCUT2D eigenvalue weighted by molar-refractivity contribution is -0.359. The van der Waals surface area contributed by atoms with Crippen LogP contribution in [0.1, 0.15) is 309 Å². The standard InChI is InChI=1S/C78H139NO13/c1-3-5-7-9-11-13-15-17-19-21-23-24-25-26-27-28-29-30-31-32-33-34-35-36-37-38-39-40-41-42-44-46-48-50-52-54-56-58-60-62-70(83)79-66(67(82)61-59-57-55-53-51-49-47-45-43-22-20-18-16-14-12-10-8-6-4-2)65-89-77-75(88)73(86)76(69(64-81)91-77)92-78-74(87)72(85)71(84)68(63-80)90-78/h5,7,11,13,17,19,23-24,26-27,29-30,32-33,66-69,71-78,80-82,84-88H,3-4,6,8-10,12,14-16,18,20-22,25,28,31,34-65H2,1-2H3,(H,79,83)/b7-5-,13-11-,19-17-,24-23-,27-26-,30-29-,33-32-. The summed E-state index contributed by atoms with van der Waals surface area (Å²) in [4.78, 5) is 13.4. The van der Waals surface area contributed by atoms with Crippen molar-refractivity contribution in [1.29, 1.82) is 0 Å². The van der Waals surface area contributed by atoms with E-state index in [4.69, 9.17) is 18.9 Å². The highest BCUT2D eigenvalue weighted by Crippen LogP contribution is 2.30. The fourth-order valence-electron chi connectivity index (χ4n) is 12.2. The molecule has 2 aliphatic rings. The molecule has 0 bridgehead atoms. The number of aliphatic hydroxyl groups excluding tert-OH is 8. The summed E-state index contributed by atoms with van der Waals surface area (Å²) in [5.74, 6) is -0.204. The highest BCUT2D eigenvalue weighted by molar-refractivity contribution is 5.76. The van der Waals surface area contributed by atoms with Crippen LogP contribution < -0.4 is 5.32 Å². The van der Waals surface area contributed by atoms with Crippen molar-refractivity contribution in [3.8, 4) is 0 Å². The number of rotatable bonds is 62. The fourth-order valence-corrected chi connectivity index (χ4v) is 12.2. The fraction of sp³-hybridized carbons (Fsp3) is 0.808. The molecule has 2 aliphatic heterocycles. The van der Waals surface area contributed by atoms with Crippen molar-refractivity contribution in [2.75, 3.05) is 19.8 Å². The molecule has 2 saturated heterocycles. The van der Waals surface area contributed by atoms with Gasteiger partial charge in [0.05, 0.1) is 32.0 Å². The van der Waals surface area contributed by atoms with Crippen LogP contribution in [-0.2, 0) is 23.7 Å². The van der Waals surface area contributed by atoms with Gasteiger partial charge in [0, 0.05) is 6.42 Å². The predicted molar refractivity (Wildman–Crippen MR) is 378 cm³/mol. The summed E-state index contributed by atoms with van der Waals surface area (Å²) in [5.41, 5.74) is 0. The molecule has 12 atom stereocenters. The summed E-state index contributed by atoms with van der Waals surface area (Å²) in [6.07, 6.45) is 68.9. The topological polar surface area (TPSA) is 228 Å². The summed E-state index contributed by atoms with van der Waals surface area (Å²) < 4.78 is 22.9. The smallest absolute Gasteiger partial charge is 0.220 e. The van der Waals surface area contributed by atoms with Crippen LogP contribution in [0.4, 0.5) is 0 Å². The van der Waals surface area contributed by atoms with Gasteiger partial charge in [-0.15, -0.1) is 0 Å². The Bertz CT molecular complexity index is 1870. The number of ether oxygens (including phenoxy) is 4. The molecule has 9 N–H and O–H groups in total. The number of hydrogen-bond donors (Lipinski definition) is 9. The van der Waals surface area contributed by atoms with Gasteiger partial charge in [-0.05, 0) is 70.6 Å². The number of nitrogens with one attached hydrogen (secondary N) is 1. The zero-order valence-electron chi connectivity index (χ0n) is 58.3. The molecular weight excluding hydrogens is 1160 g/mol. The van der Waals surface area contributed by atoms with Gasteiger partial charge in [0.2, 0.25) is 5.91 Å². The summed E-state index contributed by atoms with van der Waals surface area (Å²) >= 11 is 0. The lowest BCUT2D eigenvalue weighted by Gasteiger charge is -2.46. The second kappa shape index (κ2) is 61.7. The van der Waals surface area contributed by atoms with E-state index in [1.165, 1.54) is 186 Å². The number of hydrogen-bond acceptors (Lipinski definition) is 13. The molecule has 0 aromatic heterocycles. The predicted octanol–water partition coefficient (Wildman–Crippen LogP) is 16.4. The third kappa shape index (κ3) is 44.8. The van der Waals surface area contributed by atoms with E-state index in [0.717, 1.165) is 96.3 Å². The maximum atomic E-state index is 13.4. The van der Waals surface area contributed by atoms with Crippen molar-refractivity contribution in [3.05, 3.63) is 85.1 Å². The van der Waals surface area contributed by atoms with Crippen LogP contribution in [0.5, 0.6) is 0 Å². The van der Waals surface area contributed by atoms with Crippen molar-refractivity contribution < 1.29 is 64.6 Å². The van der Waals surface area contributed by atoms with Crippen LogP contribution in [0.3, 0.4) is 0 Å². The highest BCUT2D eigenvalue weighted by Gasteiger charge is 2.51. The number of allylic oxidation sites excluding steroid dienone is 14. The summed E-state index contributed by atoms with van der Waals surface area (Å²) in [6.45, 7) is 2.78. The Morgan fingerprint density at radius 3 is 1.15 bits per heavy atom. The highest BCUT2D eigenvalue weighted by atomic mass is 16.7. The molecule has 2 fully saturated rings. The normalized spacial score (nSPS) is 23.2. The van der Waals surface area contributed by atoms with Crippen molar-refractivity contribution in [2.45, 2.75) is 383 Å². The number of carbonyl (C=O) groups excluding carboxylic acids is 1. The van der Waals surface area contributed by atoms with E-state index in [1.54, 1.807) is 0 Å². The van der Waals surface area contributed by atoms with Crippen LogP contribution in [0.2, 0.25) is 0 Å². The molecule has 0 spiro atoms. The zero-order valence-corrected chi connectivity index (χ0v) is 58.3. The molecule has 2 rings (SSSR count).